The third kappa shape index (κ3) is 4.69. The van der Waals surface area contributed by atoms with Crippen molar-refractivity contribution in [1.82, 2.24) is 20.3 Å². The molecule has 0 aliphatic heterocycles. The summed E-state index contributed by atoms with van der Waals surface area (Å²) in [5.74, 6) is 2.04. The number of thiazole rings is 1. The molecule has 8 heteroatoms. The molecule has 2 aliphatic rings. The number of pyridine rings is 2. The van der Waals surface area contributed by atoms with Crippen molar-refractivity contribution >= 4 is 23.1 Å². The molecule has 0 saturated heterocycles. The van der Waals surface area contributed by atoms with E-state index in [2.05, 4.69) is 25.6 Å². The Morgan fingerprint density at radius 1 is 1.19 bits per heavy atom. The molecular formula is C23H25N5O2S. The minimum Gasteiger partial charge on any atom is -0.370 e. The summed E-state index contributed by atoms with van der Waals surface area (Å²) < 4.78 is 0. The number of hydrogen-bond acceptors (Lipinski definition) is 6. The van der Waals surface area contributed by atoms with Crippen molar-refractivity contribution in [2.45, 2.75) is 32.6 Å². The standard InChI is InChI=1S/C23H25N5O2S/c1-13-17(21(29)26-11-15-4-5-15)9-18(22(30)27-13)19-12-31-23(28-19)16-6-7-24-20(8-16)25-10-14-2-3-14/h6-9,12,14-15H,2-5,10-11H2,1H3,(H,24,25)(H,26,29)(H,27,30). The SMILES string of the molecule is Cc1[nH]c(=O)c(-c2csc(-c3ccnc(NCC4CC4)c3)n2)cc1C(=O)NCC1CC1. The van der Waals surface area contributed by atoms with E-state index in [0.29, 0.717) is 35.0 Å². The normalized spacial score (nSPS) is 15.6. The van der Waals surface area contributed by atoms with Crippen molar-refractivity contribution in [2.24, 2.45) is 11.8 Å². The van der Waals surface area contributed by atoms with E-state index in [1.54, 1.807) is 19.2 Å². The van der Waals surface area contributed by atoms with Gasteiger partial charge in [-0.25, -0.2) is 9.97 Å². The number of rotatable bonds is 8. The van der Waals surface area contributed by atoms with E-state index < -0.39 is 0 Å². The van der Waals surface area contributed by atoms with Gasteiger partial charge in [-0.15, -0.1) is 11.3 Å². The van der Waals surface area contributed by atoms with E-state index in [4.69, 9.17) is 0 Å². The number of amides is 1. The lowest BCUT2D eigenvalue weighted by atomic mass is 10.1. The molecule has 2 saturated carbocycles. The maximum Gasteiger partial charge on any atom is 0.257 e. The van der Waals surface area contributed by atoms with Crippen LogP contribution in [0.5, 0.6) is 0 Å². The number of carbonyl (C=O) groups excluding carboxylic acids is 1. The number of H-pyrrole nitrogens is 1. The fourth-order valence-corrected chi connectivity index (χ4v) is 4.28. The molecule has 31 heavy (non-hydrogen) atoms. The van der Waals surface area contributed by atoms with Crippen LogP contribution in [0, 0.1) is 18.8 Å². The number of aromatic nitrogens is 3. The van der Waals surface area contributed by atoms with Crippen LogP contribution in [0.4, 0.5) is 5.82 Å². The molecule has 3 N–H and O–H groups in total. The van der Waals surface area contributed by atoms with E-state index >= 15 is 0 Å². The predicted molar refractivity (Wildman–Crippen MR) is 122 cm³/mol. The Bertz CT molecular complexity index is 1180. The number of hydrogen-bond donors (Lipinski definition) is 3. The summed E-state index contributed by atoms with van der Waals surface area (Å²) in [5.41, 5.74) is 2.75. The van der Waals surface area contributed by atoms with Gasteiger partial charge in [0.1, 0.15) is 10.8 Å². The number of nitrogens with one attached hydrogen (secondary N) is 3. The van der Waals surface area contributed by atoms with Crippen LogP contribution in [-0.4, -0.2) is 33.9 Å². The van der Waals surface area contributed by atoms with Gasteiger partial charge in [0.25, 0.3) is 11.5 Å². The summed E-state index contributed by atoms with van der Waals surface area (Å²) in [6, 6.07) is 5.56. The van der Waals surface area contributed by atoms with Gasteiger partial charge in [0, 0.05) is 35.9 Å². The molecule has 0 radical (unpaired) electrons. The highest BCUT2D eigenvalue weighted by Gasteiger charge is 2.23. The van der Waals surface area contributed by atoms with Gasteiger partial charge in [-0.3, -0.25) is 9.59 Å². The zero-order chi connectivity index (χ0) is 21.4. The van der Waals surface area contributed by atoms with Crippen molar-refractivity contribution in [1.29, 1.82) is 0 Å². The Balaban J connectivity index is 1.38. The fourth-order valence-electron chi connectivity index (χ4n) is 3.46. The Labute approximate surface area is 184 Å². The van der Waals surface area contributed by atoms with Gasteiger partial charge < -0.3 is 15.6 Å². The van der Waals surface area contributed by atoms with Gasteiger partial charge in [-0.05, 0) is 62.6 Å². The summed E-state index contributed by atoms with van der Waals surface area (Å²) in [4.78, 5) is 37.1. The minimum atomic E-state index is -0.241. The smallest absolute Gasteiger partial charge is 0.257 e. The molecule has 0 bridgehead atoms. The van der Waals surface area contributed by atoms with Crippen LogP contribution in [0.1, 0.15) is 41.7 Å². The van der Waals surface area contributed by atoms with Crippen LogP contribution < -0.4 is 16.2 Å². The molecule has 0 unspecified atom stereocenters. The average molecular weight is 436 g/mol. The number of nitrogens with zero attached hydrogens (tertiary/aromatic N) is 2. The van der Waals surface area contributed by atoms with Crippen LogP contribution >= 0.6 is 11.3 Å². The molecule has 160 valence electrons. The van der Waals surface area contributed by atoms with E-state index in [0.717, 1.165) is 28.9 Å². The zero-order valence-corrected chi connectivity index (χ0v) is 18.2. The second-order valence-electron chi connectivity index (χ2n) is 8.50. The van der Waals surface area contributed by atoms with E-state index in [9.17, 15) is 9.59 Å². The van der Waals surface area contributed by atoms with Gasteiger partial charge in [0.2, 0.25) is 0 Å². The molecule has 3 heterocycles. The number of aryl methyl sites for hydroxylation is 1. The summed E-state index contributed by atoms with van der Waals surface area (Å²) in [5, 5.41) is 9.02. The largest absolute Gasteiger partial charge is 0.370 e. The molecule has 2 aliphatic carbocycles. The third-order valence-corrected chi connectivity index (χ3v) is 6.68. The molecule has 3 aromatic rings. The molecule has 0 aromatic carbocycles. The average Bonchev–Trinajstić information content (AvgIpc) is 3.70. The first-order valence-electron chi connectivity index (χ1n) is 10.7. The predicted octanol–water partition coefficient (Wildman–Crippen LogP) is 3.83. The summed E-state index contributed by atoms with van der Waals surface area (Å²) >= 11 is 1.47. The van der Waals surface area contributed by atoms with Gasteiger partial charge in [-0.2, -0.15) is 0 Å². The Kier molecular flexibility index (Phi) is 5.31. The molecule has 7 nitrogen and oxygen atoms in total. The first-order valence-corrected chi connectivity index (χ1v) is 11.6. The van der Waals surface area contributed by atoms with E-state index in [1.165, 1.54) is 37.0 Å². The van der Waals surface area contributed by atoms with Crippen molar-refractivity contribution in [3.8, 4) is 21.8 Å². The topological polar surface area (TPSA) is 99.8 Å². The first-order chi connectivity index (χ1) is 15.1. The first kappa shape index (κ1) is 19.9. The van der Waals surface area contributed by atoms with Gasteiger partial charge >= 0.3 is 0 Å². The lowest BCUT2D eigenvalue weighted by molar-refractivity contribution is 0.0950. The minimum absolute atomic E-state index is 0.155. The maximum atomic E-state index is 12.6. The lowest BCUT2D eigenvalue weighted by Crippen LogP contribution is -2.28. The third-order valence-electron chi connectivity index (χ3n) is 5.79. The number of aromatic amines is 1. The maximum absolute atomic E-state index is 12.6. The molecule has 0 atom stereocenters. The fraction of sp³-hybridized carbons (Fsp3) is 0.391. The van der Waals surface area contributed by atoms with Crippen LogP contribution in [0.3, 0.4) is 0 Å². The molecule has 2 fully saturated rings. The van der Waals surface area contributed by atoms with Crippen molar-refractivity contribution in [3.05, 3.63) is 51.4 Å². The summed E-state index contributed by atoms with van der Waals surface area (Å²) in [7, 11) is 0. The van der Waals surface area contributed by atoms with E-state index in [1.807, 2.05) is 17.5 Å². The second kappa shape index (κ2) is 8.26. The highest BCUT2D eigenvalue weighted by atomic mass is 32.1. The van der Waals surface area contributed by atoms with Gasteiger partial charge in [0.05, 0.1) is 16.8 Å². The molecule has 1 amide bonds. The zero-order valence-electron chi connectivity index (χ0n) is 17.4. The molecule has 0 spiro atoms. The molecule has 5 rings (SSSR count). The quantitative estimate of drug-likeness (QED) is 0.499. The summed E-state index contributed by atoms with van der Waals surface area (Å²) in [6.45, 7) is 3.38. The van der Waals surface area contributed by atoms with Gasteiger partial charge in [0.15, 0.2) is 0 Å². The second-order valence-corrected chi connectivity index (χ2v) is 9.35. The lowest BCUT2D eigenvalue weighted by Gasteiger charge is -2.08. The highest BCUT2D eigenvalue weighted by molar-refractivity contribution is 7.13. The van der Waals surface area contributed by atoms with Crippen LogP contribution in [0.2, 0.25) is 0 Å². The van der Waals surface area contributed by atoms with Crippen molar-refractivity contribution < 1.29 is 4.79 Å². The van der Waals surface area contributed by atoms with Crippen LogP contribution in [0.25, 0.3) is 21.8 Å². The summed E-state index contributed by atoms with van der Waals surface area (Å²) in [6.07, 6.45) is 6.68. The van der Waals surface area contributed by atoms with Crippen molar-refractivity contribution in [3.63, 3.8) is 0 Å². The molecule has 3 aromatic heterocycles. The van der Waals surface area contributed by atoms with Crippen LogP contribution in [0.15, 0.2) is 34.6 Å². The van der Waals surface area contributed by atoms with Crippen molar-refractivity contribution in [2.75, 3.05) is 18.4 Å². The number of anilines is 1. The number of carbonyl (C=O) groups is 1. The Morgan fingerprint density at radius 3 is 2.74 bits per heavy atom. The van der Waals surface area contributed by atoms with Crippen LogP contribution in [-0.2, 0) is 0 Å². The Hall–Kier alpha value is -3.00. The van der Waals surface area contributed by atoms with Gasteiger partial charge in [-0.1, -0.05) is 0 Å². The Morgan fingerprint density at radius 2 is 1.97 bits per heavy atom. The monoisotopic (exact) mass is 435 g/mol. The molecular weight excluding hydrogens is 410 g/mol. The highest BCUT2D eigenvalue weighted by Crippen LogP contribution is 2.31. The van der Waals surface area contributed by atoms with E-state index in [-0.39, 0.29) is 11.5 Å².